The number of fused-ring (bicyclic) bond motifs is 4. The summed E-state index contributed by atoms with van der Waals surface area (Å²) in [6.45, 7) is 4.21. The monoisotopic (exact) mass is 389 g/mol. The molecule has 1 N–H and O–H groups in total. The van der Waals surface area contributed by atoms with Gasteiger partial charge in [0.05, 0.1) is 5.75 Å². The Balaban J connectivity index is 1.48. The molecule has 0 spiro atoms. The van der Waals surface area contributed by atoms with Gasteiger partial charge >= 0.3 is 0 Å². The zero-order chi connectivity index (χ0) is 18.8. The summed E-state index contributed by atoms with van der Waals surface area (Å²) in [7, 11) is 0. The molecule has 0 unspecified atom stereocenters. The Bertz CT molecular complexity index is 741. The molecule has 148 valence electrons. The fourth-order valence-electron chi connectivity index (χ4n) is 5.34. The minimum atomic E-state index is -0.102. The van der Waals surface area contributed by atoms with Crippen LogP contribution in [0.5, 0.6) is 0 Å². The molecule has 2 bridgehead atoms. The van der Waals surface area contributed by atoms with E-state index in [2.05, 4.69) is 16.3 Å². The first-order valence-electron chi connectivity index (χ1n) is 10.4. The standard InChI is InChI=1S/C21H31N3O2S/c1-27-14-20(25)22-18-7-8-19-17-9-16(12-24(19)21(18)26)11-23(13-17)10-15-5-3-2-4-6-15/h7-8,15-17H,2-6,9-14H2,1H3,(H,22,25)/t16-,17+/m0/s1. The van der Waals surface area contributed by atoms with Crippen LogP contribution in [0.15, 0.2) is 16.9 Å². The molecule has 1 aromatic heterocycles. The third-order valence-electron chi connectivity index (χ3n) is 6.47. The third kappa shape index (κ3) is 4.27. The van der Waals surface area contributed by atoms with Gasteiger partial charge in [-0.15, -0.1) is 0 Å². The third-order valence-corrected chi connectivity index (χ3v) is 7.02. The molecule has 2 atom stereocenters. The summed E-state index contributed by atoms with van der Waals surface area (Å²) < 4.78 is 1.94. The van der Waals surface area contributed by atoms with Gasteiger partial charge in [-0.3, -0.25) is 9.59 Å². The van der Waals surface area contributed by atoms with Crippen LogP contribution in [-0.2, 0) is 11.3 Å². The van der Waals surface area contributed by atoms with Crippen LogP contribution in [0.3, 0.4) is 0 Å². The number of rotatable bonds is 5. The molecule has 1 aliphatic carbocycles. The van der Waals surface area contributed by atoms with Crippen molar-refractivity contribution in [2.24, 2.45) is 11.8 Å². The van der Waals surface area contributed by atoms with Gasteiger partial charge in [0.25, 0.3) is 5.56 Å². The Morgan fingerprint density at radius 1 is 1.19 bits per heavy atom. The number of pyridine rings is 1. The lowest BCUT2D eigenvalue weighted by Crippen LogP contribution is -2.48. The average Bonchev–Trinajstić information content (AvgIpc) is 2.65. The summed E-state index contributed by atoms with van der Waals surface area (Å²) in [5, 5.41) is 2.79. The van der Waals surface area contributed by atoms with Crippen LogP contribution in [-0.4, -0.2) is 47.0 Å². The fourth-order valence-corrected chi connectivity index (χ4v) is 5.68. The molecule has 5 nitrogen and oxygen atoms in total. The molecule has 6 heteroatoms. The molecular formula is C21H31N3O2S. The summed E-state index contributed by atoms with van der Waals surface area (Å²) >= 11 is 1.47. The number of hydrogen-bond acceptors (Lipinski definition) is 4. The molecule has 4 rings (SSSR count). The van der Waals surface area contributed by atoms with Crippen molar-refractivity contribution in [3.63, 3.8) is 0 Å². The smallest absolute Gasteiger partial charge is 0.274 e. The van der Waals surface area contributed by atoms with Gasteiger partial charge < -0.3 is 14.8 Å². The quantitative estimate of drug-likeness (QED) is 0.841. The Morgan fingerprint density at radius 2 is 2.00 bits per heavy atom. The number of likely N-dealkylation sites (tertiary alicyclic amines) is 1. The minimum absolute atomic E-state index is 0.0302. The Labute approximate surface area is 165 Å². The lowest BCUT2D eigenvalue weighted by molar-refractivity contribution is -0.113. The van der Waals surface area contributed by atoms with Gasteiger partial charge in [0.15, 0.2) is 0 Å². The van der Waals surface area contributed by atoms with E-state index in [4.69, 9.17) is 0 Å². The SMILES string of the molecule is CSCC(=O)Nc1ccc2n(c1=O)C[C@H]1C[C@@H]2CN(CC2CCCCC2)C1. The van der Waals surface area contributed by atoms with E-state index in [9.17, 15) is 9.59 Å². The maximum absolute atomic E-state index is 12.9. The zero-order valence-corrected chi connectivity index (χ0v) is 17.1. The van der Waals surface area contributed by atoms with Gasteiger partial charge in [0, 0.05) is 37.8 Å². The van der Waals surface area contributed by atoms with Crippen LogP contribution in [0.4, 0.5) is 5.69 Å². The van der Waals surface area contributed by atoms with E-state index < -0.39 is 0 Å². The molecule has 3 heterocycles. The summed E-state index contributed by atoms with van der Waals surface area (Å²) in [5.74, 6) is 2.14. The van der Waals surface area contributed by atoms with Gasteiger partial charge in [0.2, 0.25) is 5.91 Å². The highest BCUT2D eigenvalue weighted by molar-refractivity contribution is 7.99. The molecule has 2 fully saturated rings. The molecule has 1 saturated heterocycles. The molecule has 1 aromatic rings. The molecule has 3 aliphatic rings. The van der Waals surface area contributed by atoms with Crippen molar-refractivity contribution in [3.8, 4) is 0 Å². The Kier molecular flexibility index (Phi) is 5.93. The predicted octanol–water partition coefficient (Wildman–Crippen LogP) is 3.15. The van der Waals surface area contributed by atoms with Crippen molar-refractivity contribution >= 4 is 23.4 Å². The van der Waals surface area contributed by atoms with Gasteiger partial charge in [-0.05, 0) is 49.5 Å². The molecule has 2 aliphatic heterocycles. The number of nitrogens with one attached hydrogen (secondary N) is 1. The molecule has 1 amide bonds. The second-order valence-corrected chi connectivity index (χ2v) is 9.46. The van der Waals surface area contributed by atoms with Crippen LogP contribution in [0.25, 0.3) is 0 Å². The predicted molar refractivity (Wildman–Crippen MR) is 112 cm³/mol. The minimum Gasteiger partial charge on any atom is -0.321 e. The summed E-state index contributed by atoms with van der Waals surface area (Å²) in [4.78, 5) is 27.4. The van der Waals surface area contributed by atoms with E-state index in [1.54, 1.807) is 0 Å². The lowest BCUT2D eigenvalue weighted by atomic mass is 9.81. The fraction of sp³-hybridized carbons (Fsp3) is 0.714. The molecule has 27 heavy (non-hydrogen) atoms. The van der Waals surface area contributed by atoms with E-state index in [1.165, 1.54) is 56.8 Å². The molecule has 1 saturated carbocycles. The van der Waals surface area contributed by atoms with Gasteiger partial charge in [-0.25, -0.2) is 0 Å². The molecule has 0 aromatic carbocycles. The second kappa shape index (κ2) is 8.39. The van der Waals surface area contributed by atoms with Crippen LogP contribution in [0, 0.1) is 11.8 Å². The van der Waals surface area contributed by atoms with Crippen LogP contribution in [0.1, 0.15) is 50.1 Å². The normalized spacial score (nSPS) is 25.8. The lowest BCUT2D eigenvalue weighted by Gasteiger charge is -2.44. The second-order valence-electron chi connectivity index (χ2n) is 8.59. The topological polar surface area (TPSA) is 54.3 Å². The molecular weight excluding hydrogens is 358 g/mol. The number of piperidine rings is 1. The Morgan fingerprint density at radius 3 is 2.78 bits per heavy atom. The van der Waals surface area contributed by atoms with Gasteiger partial charge in [0.1, 0.15) is 5.69 Å². The first kappa shape index (κ1) is 19.1. The van der Waals surface area contributed by atoms with Crippen molar-refractivity contribution in [1.29, 1.82) is 0 Å². The number of carbonyl (C=O) groups excluding carboxylic acids is 1. The van der Waals surface area contributed by atoms with E-state index in [1.807, 2.05) is 16.9 Å². The first-order valence-corrected chi connectivity index (χ1v) is 11.8. The zero-order valence-electron chi connectivity index (χ0n) is 16.3. The van der Waals surface area contributed by atoms with E-state index in [0.717, 1.165) is 31.2 Å². The number of anilines is 1. The highest BCUT2D eigenvalue weighted by Crippen LogP contribution is 2.36. The first-order chi connectivity index (χ1) is 13.1. The number of amides is 1. The largest absolute Gasteiger partial charge is 0.321 e. The van der Waals surface area contributed by atoms with Crippen LogP contribution in [0.2, 0.25) is 0 Å². The summed E-state index contributed by atoms with van der Waals surface area (Å²) in [5.41, 5.74) is 1.56. The van der Waals surface area contributed by atoms with Crippen molar-refractivity contribution in [2.45, 2.75) is 51.0 Å². The Hall–Kier alpha value is -1.27. The summed E-state index contributed by atoms with van der Waals surface area (Å²) in [6.07, 6.45) is 10.1. The highest BCUT2D eigenvalue weighted by atomic mass is 32.2. The average molecular weight is 390 g/mol. The number of hydrogen-bond donors (Lipinski definition) is 1. The maximum atomic E-state index is 12.9. The summed E-state index contributed by atoms with van der Waals surface area (Å²) in [6, 6.07) is 3.88. The van der Waals surface area contributed by atoms with E-state index in [0.29, 0.717) is 23.3 Å². The van der Waals surface area contributed by atoms with Crippen molar-refractivity contribution in [3.05, 3.63) is 28.2 Å². The van der Waals surface area contributed by atoms with E-state index >= 15 is 0 Å². The maximum Gasteiger partial charge on any atom is 0.274 e. The van der Waals surface area contributed by atoms with Gasteiger partial charge in [-0.1, -0.05) is 19.3 Å². The highest BCUT2D eigenvalue weighted by Gasteiger charge is 2.35. The number of aromatic nitrogens is 1. The van der Waals surface area contributed by atoms with Crippen LogP contribution < -0.4 is 10.9 Å². The van der Waals surface area contributed by atoms with Crippen molar-refractivity contribution in [1.82, 2.24) is 9.47 Å². The van der Waals surface area contributed by atoms with Crippen molar-refractivity contribution < 1.29 is 4.79 Å². The molecule has 0 radical (unpaired) electrons. The van der Waals surface area contributed by atoms with E-state index in [-0.39, 0.29) is 11.5 Å². The number of nitrogens with zero attached hydrogens (tertiary/aromatic N) is 2. The number of thioether (sulfide) groups is 1. The number of carbonyl (C=O) groups is 1. The van der Waals surface area contributed by atoms with Gasteiger partial charge in [-0.2, -0.15) is 11.8 Å². The van der Waals surface area contributed by atoms with Crippen LogP contribution >= 0.6 is 11.8 Å². The van der Waals surface area contributed by atoms with Crippen molar-refractivity contribution in [2.75, 3.05) is 37.0 Å².